The van der Waals surface area contributed by atoms with Gasteiger partial charge in [0.25, 0.3) is 0 Å². The van der Waals surface area contributed by atoms with Crippen molar-refractivity contribution in [2.75, 3.05) is 16.8 Å². The Bertz CT molecular complexity index is 672. The van der Waals surface area contributed by atoms with Gasteiger partial charge in [0.05, 0.1) is 0 Å². The number of nitrogens with zero attached hydrogens (tertiary/aromatic N) is 3. The number of rotatable bonds is 5. The number of nitrogens with one attached hydrogen (secondary N) is 1. The van der Waals surface area contributed by atoms with Crippen molar-refractivity contribution >= 4 is 17.4 Å². The lowest BCUT2D eigenvalue weighted by Gasteiger charge is -2.16. The van der Waals surface area contributed by atoms with Gasteiger partial charge in [-0.1, -0.05) is 18.2 Å². The van der Waals surface area contributed by atoms with Crippen molar-refractivity contribution in [3.05, 3.63) is 48.4 Å². The number of aromatic nitrogens is 2. The Balaban J connectivity index is 1.67. The molecule has 2 heterocycles. The van der Waals surface area contributed by atoms with Gasteiger partial charge in [0.1, 0.15) is 12.1 Å². The monoisotopic (exact) mass is 310 g/mol. The smallest absolute Gasteiger partial charge is 0.227 e. The molecule has 1 aromatic heterocycles. The summed E-state index contributed by atoms with van der Waals surface area (Å²) < 4.78 is 0. The highest BCUT2D eigenvalue weighted by Crippen LogP contribution is 2.27. The van der Waals surface area contributed by atoms with Crippen LogP contribution in [0.3, 0.4) is 0 Å². The summed E-state index contributed by atoms with van der Waals surface area (Å²) in [5.41, 5.74) is 1.96. The summed E-state index contributed by atoms with van der Waals surface area (Å²) in [5, 5.41) is 3.28. The van der Waals surface area contributed by atoms with E-state index in [0.29, 0.717) is 18.4 Å². The van der Waals surface area contributed by atoms with Crippen LogP contribution in [0.2, 0.25) is 0 Å². The van der Waals surface area contributed by atoms with E-state index in [2.05, 4.69) is 29.1 Å². The molecule has 120 valence electrons. The van der Waals surface area contributed by atoms with Gasteiger partial charge in [0, 0.05) is 36.5 Å². The molecule has 1 aromatic carbocycles. The average Bonchev–Trinajstić information content (AvgIpc) is 2.88. The quantitative estimate of drug-likeness (QED) is 0.922. The average molecular weight is 310 g/mol. The van der Waals surface area contributed by atoms with Crippen LogP contribution in [0.25, 0.3) is 0 Å². The maximum absolute atomic E-state index is 12.3. The van der Waals surface area contributed by atoms with Crippen molar-refractivity contribution in [3.63, 3.8) is 0 Å². The van der Waals surface area contributed by atoms with Gasteiger partial charge in [-0.2, -0.15) is 0 Å². The van der Waals surface area contributed by atoms with Crippen molar-refractivity contribution in [2.24, 2.45) is 5.92 Å². The molecule has 2 aromatic rings. The number of para-hydroxylation sites is 1. The van der Waals surface area contributed by atoms with E-state index in [1.807, 2.05) is 41.3 Å². The Hall–Kier alpha value is -2.43. The third-order valence-electron chi connectivity index (χ3n) is 3.93. The molecule has 3 rings (SSSR count). The lowest BCUT2D eigenvalue weighted by Crippen LogP contribution is -2.24. The Morgan fingerprint density at radius 3 is 2.78 bits per heavy atom. The Labute approximate surface area is 136 Å². The number of carbonyl (C=O) groups excluding carboxylic acids is 1. The number of hydrogen-bond donors (Lipinski definition) is 1. The highest BCUT2D eigenvalue weighted by Gasteiger charge is 2.30. The lowest BCUT2D eigenvalue weighted by atomic mass is 10.0. The molecular weight excluding hydrogens is 288 g/mol. The van der Waals surface area contributed by atoms with Gasteiger partial charge in [-0.15, -0.1) is 0 Å². The zero-order valence-corrected chi connectivity index (χ0v) is 13.6. The van der Waals surface area contributed by atoms with Gasteiger partial charge in [-0.25, -0.2) is 9.97 Å². The summed E-state index contributed by atoms with van der Waals surface area (Å²) >= 11 is 0. The van der Waals surface area contributed by atoms with E-state index >= 15 is 0 Å². The second-order valence-electron chi connectivity index (χ2n) is 6.31. The third-order valence-corrected chi connectivity index (χ3v) is 3.93. The molecular formula is C18H22N4O. The minimum absolute atomic E-state index is 0.191. The van der Waals surface area contributed by atoms with Crippen LogP contribution in [0, 0.1) is 5.92 Å². The van der Waals surface area contributed by atoms with Crippen LogP contribution in [-0.4, -0.2) is 28.5 Å². The minimum atomic E-state index is 0.191. The van der Waals surface area contributed by atoms with Gasteiger partial charge >= 0.3 is 0 Å². The second-order valence-corrected chi connectivity index (χ2v) is 6.31. The number of benzene rings is 1. The van der Waals surface area contributed by atoms with Gasteiger partial charge in [-0.05, 0) is 38.3 Å². The molecule has 1 amide bonds. The molecule has 0 aliphatic carbocycles. The van der Waals surface area contributed by atoms with E-state index in [4.69, 9.17) is 0 Å². The first-order valence-electron chi connectivity index (χ1n) is 8.04. The maximum Gasteiger partial charge on any atom is 0.227 e. The summed E-state index contributed by atoms with van der Waals surface area (Å²) in [6, 6.07) is 12.2. The first-order valence-corrected chi connectivity index (χ1v) is 8.04. The Morgan fingerprint density at radius 2 is 2.04 bits per heavy atom. The molecule has 1 N–H and O–H groups in total. The number of amides is 1. The Morgan fingerprint density at radius 1 is 1.26 bits per heavy atom. The molecule has 1 saturated heterocycles. The normalized spacial score (nSPS) is 17.8. The van der Waals surface area contributed by atoms with E-state index in [1.54, 1.807) is 6.33 Å². The minimum Gasteiger partial charge on any atom is -0.368 e. The zero-order chi connectivity index (χ0) is 16.2. The van der Waals surface area contributed by atoms with Crippen molar-refractivity contribution in [1.29, 1.82) is 0 Å². The van der Waals surface area contributed by atoms with E-state index in [-0.39, 0.29) is 5.91 Å². The van der Waals surface area contributed by atoms with Crippen molar-refractivity contribution in [1.82, 2.24) is 9.97 Å². The van der Waals surface area contributed by atoms with Crippen LogP contribution in [-0.2, 0) is 11.2 Å². The van der Waals surface area contributed by atoms with Gasteiger partial charge in [0.15, 0.2) is 0 Å². The summed E-state index contributed by atoms with van der Waals surface area (Å²) in [6.07, 6.45) is 2.96. The second kappa shape index (κ2) is 6.77. The molecule has 5 nitrogen and oxygen atoms in total. The molecule has 1 fully saturated rings. The maximum atomic E-state index is 12.3. The van der Waals surface area contributed by atoms with Crippen LogP contribution < -0.4 is 10.2 Å². The summed E-state index contributed by atoms with van der Waals surface area (Å²) in [5.74, 6) is 1.33. The Kier molecular flexibility index (Phi) is 4.55. The molecule has 0 bridgehead atoms. The van der Waals surface area contributed by atoms with Crippen LogP contribution in [0.5, 0.6) is 0 Å². The van der Waals surface area contributed by atoms with Gasteiger partial charge < -0.3 is 10.2 Å². The predicted octanol–water partition coefficient (Wildman–Crippen LogP) is 2.89. The predicted molar refractivity (Wildman–Crippen MR) is 91.4 cm³/mol. The van der Waals surface area contributed by atoms with E-state index in [1.165, 1.54) is 0 Å². The van der Waals surface area contributed by atoms with Crippen LogP contribution in [0.15, 0.2) is 42.7 Å². The van der Waals surface area contributed by atoms with E-state index < -0.39 is 0 Å². The standard InChI is InChI=1S/C18H22N4O/c1-13(2)21-17-10-15(19-12-20-17)8-14-9-18(23)22(11-14)16-6-4-3-5-7-16/h3-7,10,12-14H,8-9,11H2,1-2H3,(H,19,20,21). The molecule has 1 atom stereocenters. The van der Waals surface area contributed by atoms with Gasteiger partial charge in [-0.3, -0.25) is 4.79 Å². The first-order chi connectivity index (χ1) is 11.1. The summed E-state index contributed by atoms with van der Waals surface area (Å²) in [6.45, 7) is 4.91. The third kappa shape index (κ3) is 3.86. The largest absolute Gasteiger partial charge is 0.368 e. The van der Waals surface area contributed by atoms with Crippen molar-refractivity contribution < 1.29 is 4.79 Å². The van der Waals surface area contributed by atoms with Crippen molar-refractivity contribution in [2.45, 2.75) is 32.7 Å². The van der Waals surface area contributed by atoms with E-state index in [0.717, 1.165) is 30.2 Å². The van der Waals surface area contributed by atoms with Crippen LogP contribution in [0.1, 0.15) is 26.0 Å². The van der Waals surface area contributed by atoms with E-state index in [9.17, 15) is 4.79 Å². The molecule has 1 aliphatic rings. The highest BCUT2D eigenvalue weighted by atomic mass is 16.2. The number of carbonyl (C=O) groups is 1. The van der Waals surface area contributed by atoms with Crippen LogP contribution in [0.4, 0.5) is 11.5 Å². The molecule has 23 heavy (non-hydrogen) atoms. The summed E-state index contributed by atoms with van der Waals surface area (Å²) in [7, 11) is 0. The van der Waals surface area contributed by atoms with Crippen molar-refractivity contribution in [3.8, 4) is 0 Å². The fourth-order valence-corrected chi connectivity index (χ4v) is 2.96. The number of anilines is 2. The molecule has 0 spiro atoms. The highest BCUT2D eigenvalue weighted by molar-refractivity contribution is 5.95. The molecule has 5 heteroatoms. The molecule has 0 saturated carbocycles. The lowest BCUT2D eigenvalue weighted by molar-refractivity contribution is -0.117. The topological polar surface area (TPSA) is 58.1 Å². The fourth-order valence-electron chi connectivity index (χ4n) is 2.96. The first kappa shape index (κ1) is 15.5. The van der Waals surface area contributed by atoms with Gasteiger partial charge in [0.2, 0.25) is 5.91 Å². The zero-order valence-electron chi connectivity index (χ0n) is 13.6. The molecule has 0 radical (unpaired) electrons. The molecule has 1 aliphatic heterocycles. The number of hydrogen-bond acceptors (Lipinski definition) is 4. The van der Waals surface area contributed by atoms with Crippen LogP contribution >= 0.6 is 0 Å². The molecule has 1 unspecified atom stereocenters. The summed E-state index contributed by atoms with van der Waals surface area (Å²) in [4.78, 5) is 22.7. The SMILES string of the molecule is CC(C)Nc1cc(CC2CC(=O)N(c3ccccc3)C2)ncn1. The fraction of sp³-hybridized carbons (Fsp3) is 0.389.